The van der Waals surface area contributed by atoms with Crippen LogP contribution < -0.4 is 0 Å². The van der Waals surface area contributed by atoms with Crippen LogP contribution in [0.2, 0.25) is 0 Å². The number of hydrogen-bond acceptors (Lipinski definition) is 2. The molecule has 0 aliphatic carbocycles. The molecule has 1 aliphatic heterocycles. The van der Waals surface area contributed by atoms with Gasteiger partial charge in [-0.25, -0.2) is 4.68 Å². The summed E-state index contributed by atoms with van der Waals surface area (Å²) in [6.45, 7) is 5.20. The predicted molar refractivity (Wildman–Crippen MR) is 92.2 cm³/mol. The Morgan fingerprint density at radius 1 is 1.17 bits per heavy atom. The highest BCUT2D eigenvalue weighted by molar-refractivity contribution is 5.76. The van der Waals surface area contributed by atoms with Crippen molar-refractivity contribution in [2.24, 2.45) is 0 Å². The lowest BCUT2D eigenvalue weighted by Gasteiger charge is -2.16. The maximum absolute atomic E-state index is 12.1. The summed E-state index contributed by atoms with van der Waals surface area (Å²) in [5.41, 5.74) is 4.36. The Kier molecular flexibility index (Phi) is 3.49. The Hall–Kier alpha value is -2.82. The molecule has 0 unspecified atom stereocenters. The van der Waals surface area contributed by atoms with Crippen molar-refractivity contribution in [1.82, 2.24) is 19.2 Å². The number of rotatable bonds is 3. The van der Waals surface area contributed by atoms with Crippen molar-refractivity contribution in [3.05, 3.63) is 65.6 Å². The van der Waals surface area contributed by atoms with Gasteiger partial charge in [0.25, 0.3) is 0 Å². The van der Waals surface area contributed by atoms with Gasteiger partial charge in [-0.2, -0.15) is 5.10 Å². The van der Waals surface area contributed by atoms with E-state index in [4.69, 9.17) is 5.10 Å². The Labute approximate surface area is 141 Å². The van der Waals surface area contributed by atoms with E-state index in [0.29, 0.717) is 19.5 Å². The Morgan fingerprint density at radius 2 is 1.96 bits per heavy atom. The van der Waals surface area contributed by atoms with Crippen molar-refractivity contribution in [1.29, 1.82) is 0 Å². The average molecular weight is 320 g/mol. The van der Waals surface area contributed by atoms with Gasteiger partial charge in [0, 0.05) is 24.4 Å². The molecule has 0 atom stereocenters. The molecule has 122 valence electrons. The van der Waals surface area contributed by atoms with E-state index >= 15 is 0 Å². The molecule has 3 aromatic rings. The molecule has 0 saturated carbocycles. The van der Waals surface area contributed by atoms with Crippen molar-refractivity contribution in [2.45, 2.75) is 33.4 Å². The van der Waals surface area contributed by atoms with Gasteiger partial charge in [-0.05, 0) is 36.8 Å². The summed E-state index contributed by atoms with van der Waals surface area (Å²) in [5.74, 6) is 1.19. The molecule has 5 nitrogen and oxygen atoms in total. The highest BCUT2D eigenvalue weighted by atomic mass is 16.2. The van der Waals surface area contributed by atoms with Crippen molar-refractivity contribution in [3.8, 4) is 11.5 Å². The number of hydrogen-bond donors (Lipinski definition) is 0. The molecule has 0 bridgehead atoms. The van der Waals surface area contributed by atoms with Gasteiger partial charge in [-0.3, -0.25) is 4.79 Å². The molecule has 1 aliphatic rings. The van der Waals surface area contributed by atoms with E-state index in [-0.39, 0.29) is 5.91 Å². The van der Waals surface area contributed by atoms with Crippen LogP contribution in [0.3, 0.4) is 0 Å². The van der Waals surface area contributed by atoms with Gasteiger partial charge in [-0.15, -0.1) is 0 Å². The molecular formula is C19H20N4O. The standard InChI is InChI=1S/C19H20N4O/c1-3-18(24)22-12-16-17(13-22)20-23(15-8-6-7-14(2)11-15)19(16)21-9-4-5-10-21/h4-11H,3,12-13H2,1-2H3. The average Bonchev–Trinajstić information content (AvgIpc) is 3.29. The monoisotopic (exact) mass is 320 g/mol. The summed E-state index contributed by atoms with van der Waals surface area (Å²) in [4.78, 5) is 13.9. The van der Waals surface area contributed by atoms with E-state index in [1.165, 1.54) is 5.56 Å². The summed E-state index contributed by atoms with van der Waals surface area (Å²) in [6.07, 6.45) is 4.57. The lowest BCUT2D eigenvalue weighted by atomic mass is 10.2. The predicted octanol–water partition coefficient (Wildman–Crippen LogP) is 3.22. The van der Waals surface area contributed by atoms with Crippen molar-refractivity contribution < 1.29 is 4.79 Å². The van der Waals surface area contributed by atoms with Crippen LogP contribution in [0.5, 0.6) is 0 Å². The first-order valence-corrected chi connectivity index (χ1v) is 8.26. The molecular weight excluding hydrogens is 300 g/mol. The molecule has 3 heterocycles. The molecule has 24 heavy (non-hydrogen) atoms. The number of fused-ring (bicyclic) bond motifs is 1. The SMILES string of the molecule is CCC(=O)N1Cc2nn(-c3cccc(C)c3)c(-n3cccc3)c2C1. The quantitative estimate of drug-likeness (QED) is 0.743. The second-order valence-corrected chi connectivity index (χ2v) is 6.19. The van der Waals surface area contributed by atoms with Gasteiger partial charge in [0.15, 0.2) is 0 Å². The van der Waals surface area contributed by atoms with Gasteiger partial charge in [-0.1, -0.05) is 19.1 Å². The van der Waals surface area contributed by atoms with Crippen molar-refractivity contribution in [2.75, 3.05) is 0 Å². The zero-order valence-corrected chi connectivity index (χ0v) is 13.9. The van der Waals surface area contributed by atoms with E-state index in [0.717, 1.165) is 22.8 Å². The van der Waals surface area contributed by atoms with Crippen LogP contribution in [-0.4, -0.2) is 25.2 Å². The Morgan fingerprint density at radius 3 is 2.67 bits per heavy atom. The van der Waals surface area contributed by atoms with Crippen molar-refractivity contribution >= 4 is 5.91 Å². The maximum atomic E-state index is 12.1. The second-order valence-electron chi connectivity index (χ2n) is 6.19. The van der Waals surface area contributed by atoms with E-state index < -0.39 is 0 Å². The number of nitrogens with zero attached hydrogens (tertiary/aromatic N) is 4. The van der Waals surface area contributed by atoms with E-state index in [1.54, 1.807) is 0 Å². The minimum absolute atomic E-state index is 0.175. The summed E-state index contributed by atoms with van der Waals surface area (Å²) < 4.78 is 4.07. The molecule has 2 aromatic heterocycles. The highest BCUT2D eigenvalue weighted by Crippen LogP contribution is 2.30. The molecule has 0 radical (unpaired) electrons. The fraction of sp³-hybridized carbons (Fsp3) is 0.263. The molecule has 0 saturated heterocycles. The molecule has 0 spiro atoms. The first kappa shape index (κ1) is 14.8. The summed E-state index contributed by atoms with van der Waals surface area (Å²) in [7, 11) is 0. The van der Waals surface area contributed by atoms with Crippen LogP contribution >= 0.6 is 0 Å². The van der Waals surface area contributed by atoms with Crippen molar-refractivity contribution in [3.63, 3.8) is 0 Å². The van der Waals surface area contributed by atoms with Crippen LogP contribution in [0.1, 0.15) is 30.2 Å². The zero-order valence-electron chi connectivity index (χ0n) is 13.9. The van der Waals surface area contributed by atoms with E-state index in [1.807, 2.05) is 47.1 Å². The number of carbonyl (C=O) groups is 1. The summed E-state index contributed by atoms with van der Waals surface area (Å²) in [5, 5.41) is 4.83. The number of aromatic nitrogens is 3. The highest BCUT2D eigenvalue weighted by Gasteiger charge is 2.30. The number of carbonyl (C=O) groups excluding carboxylic acids is 1. The fourth-order valence-electron chi connectivity index (χ4n) is 3.28. The van der Waals surface area contributed by atoms with Gasteiger partial charge >= 0.3 is 0 Å². The Balaban J connectivity index is 1.85. The molecule has 1 amide bonds. The molecule has 1 aromatic carbocycles. The van der Waals surface area contributed by atoms with E-state index in [2.05, 4.69) is 29.7 Å². The molecule has 5 heteroatoms. The van der Waals surface area contributed by atoms with Gasteiger partial charge < -0.3 is 9.47 Å². The number of aryl methyl sites for hydroxylation is 1. The summed E-state index contributed by atoms with van der Waals surface area (Å²) >= 11 is 0. The molecule has 0 fully saturated rings. The number of amides is 1. The number of benzene rings is 1. The van der Waals surface area contributed by atoms with Gasteiger partial charge in [0.1, 0.15) is 5.82 Å². The van der Waals surface area contributed by atoms with Crippen LogP contribution in [-0.2, 0) is 17.9 Å². The normalized spacial score (nSPS) is 13.3. The van der Waals surface area contributed by atoms with Gasteiger partial charge in [0.2, 0.25) is 5.91 Å². The lowest BCUT2D eigenvalue weighted by molar-refractivity contribution is -0.131. The Bertz CT molecular complexity index is 892. The van der Waals surface area contributed by atoms with Gasteiger partial charge in [0.05, 0.1) is 24.5 Å². The maximum Gasteiger partial charge on any atom is 0.222 e. The first-order chi connectivity index (χ1) is 11.7. The largest absolute Gasteiger partial charge is 0.332 e. The minimum Gasteiger partial charge on any atom is -0.332 e. The molecule has 4 rings (SSSR count). The van der Waals surface area contributed by atoms with Crippen LogP contribution in [0.15, 0.2) is 48.8 Å². The molecule has 0 N–H and O–H groups in total. The van der Waals surface area contributed by atoms with Crippen LogP contribution in [0, 0.1) is 6.92 Å². The minimum atomic E-state index is 0.175. The summed E-state index contributed by atoms with van der Waals surface area (Å²) in [6, 6.07) is 12.3. The first-order valence-electron chi connectivity index (χ1n) is 8.26. The third-order valence-electron chi connectivity index (χ3n) is 4.48. The van der Waals surface area contributed by atoms with Crippen LogP contribution in [0.4, 0.5) is 0 Å². The zero-order chi connectivity index (χ0) is 16.7. The second kappa shape index (κ2) is 5.67. The third-order valence-corrected chi connectivity index (χ3v) is 4.48. The lowest BCUT2D eigenvalue weighted by Crippen LogP contribution is -2.25. The van der Waals surface area contributed by atoms with Crippen LogP contribution in [0.25, 0.3) is 11.5 Å². The third kappa shape index (κ3) is 2.33. The van der Waals surface area contributed by atoms with E-state index in [9.17, 15) is 4.79 Å². The smallest absolute Gasteiger partial charge is 0.222 e. The fourth-order valence-corrected chi connectivity index (χ4v) is 3.28. The topological polar surface area (TPSA) is 43.1 Å².